The van der Waals surface area contributed by atoms with Gasteiger partial charge in [0.15, 0.2) is 0 Å². The second-order valence-electron chi connectivity index (χ2n) is 4.26. The van der Waals surface area contributed by atoms with Crippen molar-refractivity contribution >= 4 is 5.69 Å². The first-order valence-electron chi connectivity index (χ1n) is 5.78. The molecule has 1 atom stereocenters. The van der Waals surface area contributed by atoms with E-state index in [0.29, 0.717) is 29.8 Å². The molecule has 0 spiro atoms. The van der Waals surface area contributed by atoms with Crippen molar-refractivity contribution in [3.63, 3.8) is 0 Å². The van der Waals surface area contributed by atoms with Crippen molar-refractivity contribution in [2.75, 3.05) is 5.73 Å². The van der Waals surface area contributed by atoms with Crippen molar-refractivity contribution in [2.24, 2.45) is 0 Å². The molecule has 2 N–H and O–H groups in total. The van der Waals surface area contributed by atoms with Crippen LogP contribution >= 0.6 is 0 Å². The maximum Gasteiger partial charge on any atom is 0.275 e. The summed E-state index contributed by atoms with van der Waals surface area (Å²) in [5.41, 5.74) is 8.29. The Bertz CT molecular complexity index is 432. The molecule has 0 bridgehead atoms. The Morgan fingerprint density at radius 3 is 2.59 bits per heavy atom. The number of anilines is 1. The lowest BCUT2D eigenvalue weighted by Gasteiger charge is -2.16. The zero-order valence-electron chi connectivity index (χ0n) is 9.64. The van der Waals surface area contributed by atoms with Gasteiger partial charge in [-0.05, 0) is 36.8 Å². The molecule has 0 amide bonds. The summed E-state index contributed by atoms with van der Waals surface area (Å²) in [6.07, 6.45) is -2.54. The fraction of sp³-hybridized carbons (Fsp3) is 0.583. The van der Waals surface area contributed by atoms with Gasteiger partial charge in [-0.3, -0.25) is 4.98 Å². The highest BCUT2D eigenvalue weighted by atomic mass is 19.3. The third-order valence-corrected chi connectivity index (χ3v) is 3.24. The molecule has 17 heavy (non-hydrogen) atoms. The molecule has 2 nitrogen and oxygen atoms in total. The first kappa shape index (κ1) is 12.2. The zero-order valence-corrected chi connectivity index (χ0v) is 9.64. The fourth-order valence-corrected chi connectivity index (χ4v) is 2.39. The highest BCUT2D eigenvalue weighted by Gasteiger charge is 2.29. The molecule has 94 valence electrons. The van der Waals surface area contributed by atoms with E-state index in [0.717, 1.165) is 18.4 Å². The van der Waals surface area contributed by atoms with Gasteiger partial charge in [0.1, 0.15) is 0 Å². The summed E-state index contributed by atoms with van der Waals surface area (Å²) >= 11 is 0. The Morgan fingerprint density at radius 1 is 1.29 bits per heavy atom. The van der Waals surface area contributed by atoms with E-state index in [1.165, 1.54) is 0 Å². The number of halogens is 3. The quantitative estimate of drug-likeness (QED) is 0.887. The Hall–Kier alpha value is -1.26. The predicted molar refractivity (Wildman–Crippen MR) is 59.9 cm³/mol. The molecular weight excluding hydrogens is 229 g/mol. The standard InChI is InChI=1S/C12H15F3N2/c1-2-6-10(16)7-4-3-5-8(7)17-11(6)9(13)12(14)15/h9,12H,2-5H2,1H3,(H2,16,17). The SMILES string of the molecule is CCc1c(C(F)C(F)F)nc2c(c1N)CCC2. The second-order valence-corrected chi connectivity index (χ2v) is 4.26. The van der Waals surface area contributed by atoms with Crippen LogP contribution in [0.1, 0.15) is 42.0 Å². The molecule has 1 aliphatic carbocycles. The number of rotatable bonds is 3. The summed E-state index contributed by atoms with van der Waals surface area (Å²) in [6, 6.07) is 0. The Kier molecular flexibility index (Phi) is 3.26. The summed E-state index contributed by atoms with van der Waals surface area (Å²) in [5, 5.41) is 0. The number of nitrogens with zero attached hydrogens (tertiary/aromatic N) is 1. The van der Waals surface area contributed by atoms with Crippen LogP contribution < -0.4 is 5.73 Å². The van der Waals surface area contributed by atoms with Crippen LogP contribution in [-0.2, 0) is 19.3 Å². The minimum absolute atomic E-state index is 0.166. The van der Waals surface area contributed by atoms with Gasteiger partial charge in [0.2, 0.25) is 6.17 Å². The highest BCUT2D eigenvalue weighted by Crippen LogP contribution is 2.35. The van der Waals surface area contributed by atoms with E-state index >= 15 is 0 Å². The molecule has 0 aliphatic heterocycles. The van der Waals surface area contributed by atoms with Crippen LogP contribution in [-0.4, -0.2) is 11.4 Å². The Labute approximate surface area is 98.0 Å². The van der Waals surface area contributed by atoms with E-state index in [2.05, 4.69) is 4.98 Å². The van der Waals surface area contributed by atoms with Crippen LogP contribution in [0.25, 0.3) is 0 Å². The van der Waals surface area contributed by atoms with E-state index in [1.807, 2.05) is 0 Å². The number of nitrogens with two attached hydrogens (primary N) is 1. The maximum atomic E-state index is 13.5. The number of hydrogen-bond acceptors (Lipinski definition) is 2. The second kappa shape index (κ2) is 4.55. The van der Waals surface area contributed by atoms with Gasteiger partial charge < -0.3 is 5.73 Å². The summed E-state index contributed by atoms with van der Waals surface area (Å²) in [5.74, 6) is 0. The first-order chi connectivity index (χ1) is 8.06. The first-order valence-corrected chi connectivity index (χ1v) is 5.78. The van der Waals surface area contributed by atoms with Gasteiger partial charge in [0.05, 0.1) is 5.69 Å². The molecule has 2 rings (SSSR count). The largest absolute Gasteiger partial charge is 0.398 e. The number of alkyl halides is 3. The van der Waals surface area contributed by atoms with Gasteiger partial charge in [-0.25, -0.2) is 13.2 Å². The molecule has 0 aromatic carbocycles. The molecule has 1 unspecified atom stereocenters. The van der Waals surface area contributed by atoms with E-state index in [1.54, 1.807) is 6.92 Å². The number of nitrogen functional groups attached to an aromatic ring is 1. The Morgan fingerprint density at radius 2 is 2.00 bits per heavy atom. The molecular formula is C12H15F3N2. The van der Waals surface area contributed by atoms with Crippen molar-refractivity contribution in [1.82, 2.24) is 4.98 Å². The van der Waals surface area contributed by atoms with Crippen molar-refractivity contribution in [3.05, 3.63) is 22.5 Å². The summed E-state index contributed by atoms with van der Waals surface area (Å²) in [4.78, 5) is 4.07. The smallest absolute Gasteiger partial charge is 0.275 e. The van der Waals surface area contributed by atoms with Crippen molar-refractivity contribution in [2.45, 2.75) is 45.2 Å². The third-order valence-electron chi connectivity index (χ3n) is 3.24. The van der Waals surface area contributed by atoms with Gasteiger partial charge in [0.25, 0.3) is 6.43 Å². The number of fused-ring (bicyclic) bond motifs is 1. The van der Waals surface area contributed by atoms with E-state index in [-0.39, 0.29) is 5.69 Å². The predicted octanol–water partition coefficient (Wildman–Crippen LogP) is 2.99. The van der Waals surface area contributed by atoms with Crippen molar-refractivity contribution < 1.29 is 13.2 Å². The van der Waals surface area contributed by atoms with Gasteiger partial charge in [-0.15, -0.1) is 0 Å². The zero-order chi connectivity index (χ0) is 12.6. The van der Waals surface area contributed by atoms with Crippen molar-refractivity contribution in [3.8, 4) is 0 Å². The average molecular weight is 244 g/mol. The molecule has 1 aliphatic rings. The Balaban J connectivity index is 2.55. The van der Waals surface area contributed by atoms with Crippen LogP contribution in [0.2, 0.25) is 0 Å². The van der Waals surface area contributed by atoms with Crippen molar-refractivity contribution in [1.29, 1.82) is 0 Å². The van der Waals surface area contributed by atoms with E-state index < -0.39 is 12.6 Å². The average Bonchev–Trinajstić information content (AvgIpc) is 2.76. The van der Waals surface area contributed by atoms with Crippen LogP contribution in [0.15, 0.2) is 0 Å². The minimum Gasteiger partial charge on any atom is -0.398 e. The van der Waals surface area contributed by atoms with Gasteiger partial charge >= 0.3 is 0 Å². The molecule has 5 heteroatoms. The number of hydrogen-bond donors (Lipinski definition) is 1. The normalized spacial score (nSPS) is 16.3. The molecule has 0 radical (unpaired) electrons. The van der Waals surface area contributed by atoms with Crippen LogP contribution in [0.3, 0.4) is 0 Å². The molecule has 1 aromatic heterocycles. The van der Waals surface area contributed by atoms with Crippen LogP contribution in [0, 0.1) is 0 Å². The van der Waals surface area contributed by atoms with Gasteiger partial charge in [-0.1, -0.05) is 6.92 Å². The third kappa shape index (κ3) is 1.98. The van der Waals surface area contributed by atoms with Crippen LogP contribution in [0.5, 0.6) is 0 Å². The number of pyridine rings is 1. The molecule has 1 aromatic rings. The monoisotopic (exact) mass is 244 g/mol. The summed E-state index contributed by atoms with van der Waals surface area (Å²) < 4.78 is 38.4. The summed E-state index contributed by atoms with van der Waals surface area (Å²) in [6.45, 7) is 1.77. The molecule has 0 saturated heterocycles. The van der Waals surface area contributed by atoms with E-state index in [9.17, 15) is 13.2 Å². The summed E-state index contributed by atoms with van der Waals surface area (Å²) in [7, 11) is 0. The number of aryl methyl sites for hydroxylation is 1. The highest BCUT2D eigenvalue weighted by molar-refractivity contribution is 5.59. The van der Waals surface area contributed by atoms with Crippen LogP contribution in [0.4, 0.5) is 18.9 Å². The maximum absolute atomic E-state index is 13.5. The lowest BCUT2D eigenvalue weighted by molar-refractivity contribution is 0.0467. The van der Waals surface area contributed by atoms with Gasteiger partial charge in [0, 0.05) is 11.4 Å². The fourth-order valence-electron chi connectivity index (χ4n) is 2.39. The number of aromatic nitrogens is 1. The van der Waals surface area contributed by atoms with Gasteiger partial charge in [-0.2, -0.15) is 0 Å². The van der Waals surface area contributed by atoms with E-state index in [4.69, 9.17) is 5.73 Å². The molecule has 1 heterocycles. The topological polar surface area (TPSA) is 38.9 Å². The lowest BCUT2D eigenvalue weighted by atomic mass is 10.0. The molecule has 0 fully saturated rings. The lowest BCUT2D eigenvalue weighted by Crippen LogP contribution is -2.13. The minimum atomic E-state index is -3.05. The molecule has 0 saturated carbocycles.